The van der Waals surface area contributed by atoms with E-state index in [4.69, 9.17) is 0 Å². The van der Waals surface area contributed by atoms with Crippen LogP contribution in [0.4, 0.5) is 0 Å². The molecule has 0 nitrogen and oxygen atoms in total. The van der Waals surface area contributed by atoms with Crippen LogP contribution in [0, 0.1) is 0 Å². The molecule has 1 rings (SSSR count). The van der Waals surface area contributed by atoms with E-state index < -0.39 is 0 Å². The molecule has 0 amide bonds. The molecule has 2 heteroatoms. The third-order valence-corrected chi connectivity index (χ3v) is 2.72. The van der Waals surface area contributed by atoms with Gasteiger partial charge in [0, 0.05) is 20.5 Å². The van der Waals surface area contributed by atoms with E-state index in [1.807, 2.05) is 0 Å². The van der Waals surface area contributed by atoms with E-state index in [2.05, 4.69) is 20.5 Å². The lowest BCUT2D eigenvalue weighted by atomic mass is 9.99. The molecule has 2 atom stereocenters. The van der Waals surface area contributed by atoms with Crippen molar-refractivity contribution < 1.29 is 0 Å². The molecule has 0 aromatic heterocycles. The molecule has 0 aromatic rings. The van der Waals surface area contributed by atoms with Gasteiger partial charge in [-0.25, -0.2) is 0 Å². The predicted molar refractivity (Wildman–Crippen MR) is 37.5 cm³/mol. The van der Waals surface area contributed by atoms with Crippen molar-refractivity contribution in [3.63, 3.8) is 0 Å². The molecule has 0 saturated heterocycles. The summed E-state index contributed by atoms with van der Waals surface area (Å²) < 4.78 is 0. The molecule has 1 saturated carbocycles. The zero-order valence-corrected chi connectivity index (χ0v) is 6.98. The first kappa shape index (κ1) is 6.55. The first-order chi connectivity index (χ1) is 3.79. The largest absolute Gasteiger partial charge is 0.0537 e. The van der Waals surface area contributed by atoms with Crippen molar-refractivity contribution in [2.45, 2.75) is 36.8 Å². The second kappa shape index (κ2) is 2.83. The molecule has 0 spiro atoms. The topological polar surface area (TPSA) is 0 Å². The average Bonchev–Trinajstić information content (AvgIpc) is 1.64. The van der Waals surface area contributed by atoms with E-state index in [9.17, 15) is 0 Å². The molecule has 6 radical (unpaired) electrons. The van der Waals surface area contributed by atoms with E-state index in [-0.39, 0.29) is 0 Å². The van der Waals surface area contributed by atoms with Crippen LogP contribution in [0.1, 0.15) is 25.7 Å². The van der Waals surface area contributed by atoms with E-state index in [0.29, 0.717) is 0 Å². The molecular weight excluding hydrogens is 128 g/mol. The normalized spacial score (nSPS) is 39.8. The van der Waals surface area contributed by atoms with E-state index in [1.54, 1.807) is 0 Å². The zero-order chi connectivity index (χ0) is 5.98. The fraction of sp³-hybridized carbons (Fsp3) is 1.00. The molecule has 0 aromatic carbocycles. The summed E-state index contributed by atoms with van der Waals surface area (Å²) >= 11 is 0. The fourth-order valence-electron chi connectivity index (χ4n) is 1.19. The highest BCUT2D eigenvalue weighted by molar-refractivity contribution is 6.14. The van der Waals surface area contributed by atoms with Crippen molar-refractivity contribution in [2.75, 3.05) is 0 Å². The maximum absolute atomic E-state index is 3.64. The van der Waals surface area contributed by atoms with Gasteiger partial charge in [-0.05, 0) is 0 Å². The highest BCUT2D eigenvalue weighted by atomic mass is 28.1. The van der Waals surface area contributed by atoms with E-state index in [0.717, 1.165) is 11.1 Å². The summed E-state index contributed by atoms with van der Waals surface area (Å²) in [5.74, 6) is 0. The molecule has 1 aliphatic carbocycles. The molecule has 0 N–H and O–H groups in total. The third kappa shape index (κ3) is 1.74. The Labute approximate surface area is 57.9 Å². The summed E-state index contributed by atoms with van der Waals surface area (Å²) in [6.45, 7) is 0. The second-order valence-electron chi connectivity index (χ2n) is 2.56. The molecule has 0 heterocycles. The smallest absolute Gasteiger partial charge is 0.0266 e. The lowest BCUT2D eigenvalue weighted by molar-refractivity contribution is 0.504. The van der Waals surface area contributed by atoms with Crippen molar-refractivity contribution in [3.05, 3.63) is 0 Å². The molecule has 2 unspecified atom stereocenters. The fourth-order valence-corrected chi connectivity index (χ4v) is 2.40. The van der Waals surface area contributed by atoms with Crippen molar-refractivity contribution in [1.29, 1.82) is 0 Å². The molecule has 0 bridgehead atoms. The van der Waals surface area contributed by atoms with Crippen molar-refractivity contribution in [1.82, 2.24) is 0 Å². The van der Waals surface area contributed by atoms with Gasteiger partial charge >= 0.3 is 0 Å². The molecule has 0 aliphatic heterocycles. The number of hydrogen-bond acceptors (Lipinski definition) is 0. The van der Waals surface area contributed by atoms with Crippen LogP contribution in [0.5, 0.6) is 0 Å². The maximum Gasteiger partial charge on any atom is 0.0266 e. The van der Waals surface area contributed by atoms with Gasteiger partial charge in [-0.3, -0.25) is 0 Å². The van der Waals surface area contributed by atoms with Gasteiger partial charge in [0.2, 0.25) is 0 Å². The SMILES string of the molecule is [Si]C1CCCC([Si])C1. The molecule has 8 heavy (non-hydrogen) atoms. The van der Waals surface area contributed by atoms with Crippen molar-refractivity contribution in [3.8, 4) is 0 Å². The first-order valence-corrected chi connectivity index (χ1v) is 4.37. The summed E-state index contributed by atoms with van der Waals surface area (Å²) in [7, 11) is 7.29. The Bertz CT molecular complexity index is 64.9. The van der Waals surface area contributed by atoms with Crippen LogP contribution in [0.2, 0.25) is 11.1 Å². The van der Waals surface area contributed by atoms with Gasteiger partial charge in [0.25, 0.3) is 0 Å². The number of hydrogen-bond donors (Lipinski definition) is 0. The second-order valence-corrected chi connectivity index (χ2v) is 4.19. The summed E-state index contributed by atoms with van der Waals surface area (Å²) in [5, 5.41) is 0. The highest BCUT2D eigenvalue weighted by Gasteiger charge is 2.13. The van der Waals surface area contributed by atoms with Crippen molar-refractivity contribution >= 4 is 20.5 Å². The summed E-state index contributed by atoms with van der Waals surface area (Å²) in [5.41, 5.74) is 1.54. The molecule has 1 aliphatic rings. The Morgan fingerprint density at radius 3 is 1.75 bits per heavy atom. The first-order valence-electron chi connectivity index (χ1n) is 3.21. The van der Waals surface area contributed by atoms with Crippen LogP contribution in [0.3, 0.4) is 0 Å². The van der Waals surface area contributed by atoms with Crippen LogP contribution in [0.25, 0.3) is 0 Å². The lowest BCUT2D eigenvalue weighted by Gasteiger charge is -2.22. The minimum atomic E-state index is 0.770. The molecule has 42 valence electrons. The minimum Gasteiger partial charge on any atom is -0.0537 e. The number of rotatable bonds is 0. The zero-order valence-electron chi connectivity index (χ0n) is 4.98. The minimum absolute atomic E-state index is 0.770. The Hall–Kier alpha value is 0.434. The lowest BCUT2D eigenvalue weighted by Crippen LogP contribution is -2.06. The molecule has 1 fully saturated rings. The third-order valence-electron chi connectivity index (χ3n) is 1.67. The Morgan fingerprint density at radius 1 is 1.00 bits per heavy atom. The highest BCUT2D eigenvalue weighted by Crippen LogP contribution is 2.32. The van der Waals surface area contributed by atoms with E-state index >= 15 is 0 Å². The Morgan fingerprint density at radius 2 is 1.50 bits per heavy atom. The summed E-state index contributed by atoms with van der Waals surface area (Å²) in [6, 6.07) is 0. The predicted octanol–water partition coefficient (Wildman–Crippen LogP) is 1.47. The van der Waals surface area contributed by atoms with Crippen LogP contribution >= 0.6 is 0 Å². The summed E-state index contributed by atoms with van der Waals surface area (Å²) in [6.07, 6.45) is 5.39. The standard InChI is InChI=1S/C6H10Si2/c7-5-2-1-3-6(8)4-5/h5-6H,1-4H2. The summed E-state index contributed by atoms with van der Waals surface area (Å²) in [4.78, 5) is 0. The van der Waals surface area contributed by atoms with Crippen molar-refractivity contribution in [2.24, 2.45) is 0 Å². The van der Waals surface area contributed by atoms with Crippen LogP contribution < -0.4 is 0 Å². The van der Waals surface area contributed by atoms with Gasteiger partial charge in [0.15, 0.2) is 0 Å². The van der Waals surface area contributed by atoms with Crippen LogP contribution in [-0.4, -0.2) is 20.5 Å². The average molecular weight is 138 g/mol. The van der Waals surface area contributed by atoms with E-state index in [1.165, 1.54) is 25.7 Å². The van der Waals surface area contributed by atoms with Gasteiger partial charge < -0.3 is 0 Å². The monoisotopic (exact) mass is 138 g/mol. The van der Waals surface area contributed by atoms with Gasteiger partial charge in [-0.15, -0.1) is 0 Å². The van der Waals surface area contributed by atoms with Gasteiger partial charge in [-0.1, -0.05) is 36.8 Å². The maximum atomic E-state index is 3.64. The van der Waals surface area contributed by atoms with Gasteiger partial charge in [0.05, 0.1) is 0 Å². The van der Waals surface area contributed by atoms with Gasteiger partial charge in [0.1, 0.15) is 0 Å². The Kier molecular flexibility index (Phi) is 2.32. The Balaban J connectivity index is 2.23. The van der Waals surface area contributed by atoms with Crippen LogP contribution in [0.15, 0.2) is 0 Å². The quantitative estimate of drug-likeness (QED) is 0.445. The molecular formula is C6H10Si2. The van der Waals surface area contributed by atoms with Gasteiger partial charge in [-0.2, -0.15) is 0 Å². The van der Waals surface area contributed by atoms with Crippen LogP contribution in [-0.2, 0) is 0 Å².